The van der Waals surface area contributed by atoms with Crippen molar-refractivity contribution in [2.24, 2.45) is 7.05 Å². The van der Waals surface area contributed by atoms with Crippen molar-refractivity contribution < 1.29 is 0 Å². The van der Waals surface area contributed by atoms with Gasteiger partial charge in [0.25, 0.3) is 0 Å². The summed E-state index contributed by atoms with van der Waals surface area (Å²) in [4.78, 5) is 0. The first-order valence-electron chi connectivity index (χ1n) is 5.61. The smallest absolute Gasteiger partial charge is 0.0643 e. The van der Waals surface area contributed by atoms with E-state index < -0.39 is 0 Å². The van der Waals surface area contributed by atoms with Crippen LogP contribution >= 0.6 is 22.6 Å². The van der Waals surface area contributed by atoms with Crippen LogP contribution in [0.25, 0.3) is 0 Å². The number of aromatic nitrogens is 2. The summed E-state index contributed by atoms with van der Waals surface area (Å²) in [7, 11) is 3.95. The van der Waals surface area contributed by atoms with Gasteiger partial charge in [0.2, 0.25) is 0 Å². The Balaban J connectivity index is 2.20. The lowest BCUT2D eigenvalue weighted by Gasteiger charge is -2.17. The monoisotopic (exact) mass is 341 g/mol. The molecule has 0 fully saturated rings. The maximum atomic E-state index is 4.43. The molecule has 0 bridgehead atoms. The van der Waals surface area contributed by atoms with E-state index in [1.54, 1.807) is 0 Å². The van der Waals surface area contributed by atoms with Crippen LogP contribution in [0.4, 0.5) is 0 Å². The van der Waals surface area contributed by atoms with Crippen molar-refractivity contribution in [2.75, 3.05) is 7.05 Å². The molecule has 0 spiro atoms. The molecule has 1 atom stereocenters. The first-order chi connectivity index (χ1) is 8.20. The van der Waals surface area contributed by atoms with E-state index in [0.29, 0.717) is 6.04 Å². The van der Waals surface area contributed by atoms with Crippen molar-refractivity contribution in [1.82, 2.24) is 15.1 Å². The molecule has 90 valence electrons. The molecule has 3 nitrogen and oxygen atoms in total. The van der Waals surface area contributed by atoms with Gasteiger partial charge in [-0.25, -0.2) is 0 Å². The van der Waals surface area contributed by atoms with Crippen molar-refractivity contribution in [2.45, 2.75) is 12.5 Å². The Bertz CT molecular complexity index is 493. The van der Waals surface area contributed by atoms with E-state index >= 15 is 0 Å². The quantitative estimate of drug-likeness (QED) is 0.867. The van der Waals surface area contributed by atoms with Gasteiger partial charge in [0.05, 0.1) is 5.69 Å². The molecule has 17 heavy (non-hydrogen) atoms. The number of nitrogens with one attached hydrogen (secondary N) is 1. The van der Waals surface area contributed by atoms with E-state index in [1.165, 1.54) is 9.13 Å². The van der Waals surface area contributed by atoms with E-state index in [-0.39, 0.29) is 0 Å². The second kappa shape index (κ2) is 5.64. The maximum absolute atomic E-state index is 4.43. The predicted molar refractivity (Wildman–Crippen MR) is 77.9 cm³/mol. The summed E-state index contributed by atoms with van der Waals surface area (Å²) in [6, 6.07) is 10.8. The minimum absolute atomic E-state index is 0.318. The highest BCUT2D eigenvalue weighted by molar-refractivity contribution is 14.1. The summed E-state index contributed by atoms with van der Waals surface area (Å²) in [5.74, 6) is 0. The van der Waals surface area contributed by atoms with Crippen LogP contribution in [0, 0.1) is 3.57 Å². The topological polar surface area (TPSA) is 29.9 Å². The van der Waals surface area contributed by atoms with E-state index in [2.05, 4.69) is 63.3 Å². The fourth-order valence-corrected chi connectivity index (χ4v) is 2.67. The van der Waals surface area contributed by atoms with E-state index in [4.69, 9.17) is 0 Å². The molecule has 1 N–H and O–H groups in total. The van der Waals surface area contributed by atoms with Crippen LogP contribution in [0.1, 0.15) is 17.3 Å². The molecule has 1 aromatic carbocycles. The Hall–Kier alpha value is -0.880. The molecule has 0 amide bonds. The van der Waals surface area contributed by atoms with Gasteiger partial charge in [-0.2, -0.15) is 5.10 Å². The highest BCUT2D eigenvalue weighted by Crippen LogP contribution is 2.22. The first-order valence-corrected chi connectivity index (χ1v) is 6.69. The average molecular weight is 341 g/mol. The fraction of sp³-hybridized carbons (Fsp3) is 0.308. The molecule has 0 aliphatic heterocycles. The summed E-state index contributed by atoms with van der Waals surface area (Å²) in [5.41, 5.74) is 2.45. The fourth-order valence-electron chi connectivity index (χ4n) is 1.91. The summed E-state index contributed by atoms with van der Waals surface area (Å²) in [6.45, 7) is 0. The van der Waals surface area contributed by atoms with Crippen molar-refractivity contribution >= 4 is 22.6 Å². The third kappa shape index (κ3) is 3.07. The molecular weight excluding hydrogens is 325 g/mol. The number of likely N-dealkylation sites (N-methyl/N-ethyl adjacent to an activating group) is 1. The summed E-state index contributed by atoms with van der Waals surface area (Å²) < 4.78 is 3.14. The number of nitrogens with zero attached hydrogens (tertiary/aromatic N) is 2. The van der Waals surface area contributed by atoms with Gasteiger partial charge in [0, 0.05) is 29.3 Å². The van der Waals surface area contributed by atoms with Gasteiger partial charge in [0.15, 0.2) is 0 Å². The number of hydrogen-bond acceptors (Lipinski definition) is 2. The number of aryl methyl sites for hydroxylation is 1. The number of benzene rings is 1. The summed E-state index contributed by atoms with van der Waals surface area (Å²) >= 11 is 2.38. The van der Waals surface area contributed by atoms with Crippen molar-refractivity contribution in [1.29, 1.82) is 0 Å². The van der Waals surface area contributed by atoms with Gasteiger partial charge in [0.1, 0.15) is 0 Å². The Kier molecular flexibility index (Phi) is 4.17. The largest absolute Gasteiger partial charge is 0.313 e. The highest BCUT2D eigenvalue weighted by atomic mass is 127. The minimum atomic E-state index is 0.318. The van der Waals surface area contributed by atoms with E-state index in [0.717, 1.165) is 12.1 Å². The molecule has 4 heteroatoms. The summed E-state index contributed by atoms with van der Waals surface area (Å²) in [5, 5.41) is 7.79. The zero-order valence-electron chi connectivity index (χ0n) is 10.0. The Morgan fingerprint density at radius 2 is 2.12 bits per heavy atom. The number of hydrogen-bond donors (Lipinski definition) is 1. The molecule has 0 aliphatic carbocycles. The molecule has 0 aliphatic rings. The van der Waals surface area contributed by atoms with Crippen molar-refractivity contribution in [3.05, 3.63) is 51.4 Å². The number of rotatable bonds is 4. The molecule has 0 saturated heterocycles. The molecule has 1 aromatic heterocycles. The van der Waals surface area contributed by atoms with E-state index in [1.807, 2.05) is 25.0 Å². The van der Waals surface area contributed by atoms with Crippen molar-refractivity contribution in [3.8, 4) is 0 Å². The van der Waals surface area contributed by atoms with Gasteiger partial charge in [-0.15, -0.1) is 0 Å². The lowest BCUT2D eigenvalue weighted by Crippen LogP contribution is -2.20. The highest BCUT2D eigenvalue weighted by Gasteiger charge is 2.13. The predicted octanol–water partition coefficient (Wildman–Crippen LogP) is 2.53. The van der Waals surface area contributed by atoms with Gasteiger partial charge in [-0.1, -0.05) is 18.2 Å². The lowest BCUT2D eigenvalue weighted by molar-refractivity contribution is 0.575. The van der Waals surface area contributed by atoms with Gasteiger partial charge >= 0.3 is 0 Å². The van der Waals surface area contributed by atoms with Crippen LogP contribution in [0.5, 0.6) is 0 Å². The molecule has 1 unspecified atom stereocenters. The van der Waals surface area contributed by atoms with Crippen LogP contribution in [0.15, 0.2) is 36.5 Å². The Morgan fingerprint density at radius 3 is 2.71 bits per heavy atom. The average Bonchev–Trinajstić information content (AvgIpc) is 2.73. The molecule has 2 rings (SSSR count). The van der Waals surface area contributed by atoms with Crippen LogP contribution in [-0.2, 0) is 13.5 Å². The molecule has 1 heterocycles. The molecule has 2 aromatic rings. The SMILES string of the molecule is CNC(Cc1ccn(C)n1)c1ccccc1I. The van der Waals surface area contributed by atoms with Gasteiger partial charge < -0.3 is 5.32 Å². The zero-order chi connectivity index (χ0) is 12.3. The van der Waals surface area contributed by atoms with Crippen LogP contribution < -0.4 is 5.32 Å². The first kappa shape index (κ1) is 12.6. The van der Waals surface area contributed by atoms with E-state index in [9.17, 15) is 0 Å². The summed E-state index contributed by atoms with van der Waals surface area (Å²) in [6.07, 6.45) is 2.90. The molecular formula is C13H16IN3. The standard InChI is InChI=1S/C13H16IN3/c1-15-13(9-10-7-8-17(2)16-10)11-5-3-4-6-12(11)14/h3-8,13,15H,9H2,1-2H3. The van der Waals surface area contributed by atoms with Gasteiger partial charge in [-0.05, 0) is 47.3 Å². The third-order valence-electron chi connectivity index (χ3n) is 2.81. The lowest BCUT2D eigenvalue weighted by atomic mass is 10.0. The Labute approximate surface area is 115 Å². The number of halogens is 1. The second-order valence-electron chi connectivity index (χ2n) is 4.05. The Morgan fingerprint density at radius 1 is 1.35 bits per heavy atom. The van der Waals surface area contributed by atoms with Crippen LogP contribution in [0.2, 0.25) is 0 Å². The molecule has 0 radical (unpaired) electrons. The maximum Gasteiger partial charge on any atom is 0.0643 e. The van der Waals surface area contributed by atoms with Crippen molar-refractivity contribution in [3.63, 3.8) is 0 Å². The zero-order valence-corrected chi connectivity index (χ0v) is 12.2. The van der Waals surface area contributed by atoms with Crippen LogP contribution in [-0.4, -0.2) is 16.8 Å². The van der Waals surface area contributed by atoms with Crippen LogP contribution in [0.3, 0.4) is 0 Å². The minimum Gasteiger partial charge on any atom is -0.313 e. The molecule has 0 saturated carbocycles. The van der Waals surface area contributed by atoms with Gasteiger partial charge in [-0.3, -0.25) is 4.68 Å². The third-order valence-corrected chi connectivity index (χ3v) is 3.79. The second-order valence-corrected chi connectivity index (χ2v) is 5.21. The normalized spacial score (nSPS) is 12.6.